The van der Waals surface area contributed by atoms with Crippen LogP contribution in [0.1, 0.15) is 28.1 Å². The van der Waals surface area contributed by atoms with Crippen molar-refractivity contribution in [2.45, 2.75) is 12.8 Å². The van der Waals surface area contributed by atoms with Crippen LogP contribution in [0.5, 0.6) is 5.75 Å². The lowest BCUT2D eigenvalue weighted by atomic mass is 10.2. The zero-order valence-electron chi connectivity index (χ0n) is 10.6. The lowest BCUT2D eigenvalue weighted by Gasteiger charge is -2.07. The fourth-order valence-electron chi connectivity index (χ4n) is 1.71. The number of carbonyl (C=O) groups excluding carboxylic acids is 1. The molecule has 0 fully saturated rings. The van der Waals surface area contributed by atoms with Crippen LogP contribution in [0.25, 0.3) is 0 Å². The third-order valence-electron chi connectivity index (χ3n) is 2.69. The van der Waals surface area contributed by atoms with Crippen molar-refractivity contribution in [3.8, 4) is 11.8 Å². The molecule has 0 atom stereocenters. The largest absolute Gasteiger partial charge is 0.492 e. The highest BCUT2D eigenvalue weighted by Gasteiger charge is 2.10. The number of Topliss-reactive ketones (excluding diaryl/α,β-unsaturated/α-hetero) is 1. The molecule has 102 valence electrons. The number of hydrogen-bond acceptors (Lipinski definition) is 4. The number of hydrogen-bond donors (Lipinski definition) is 0. The molecule has 1 aromatic heterocycles. The number of thiophene rings is 1. The van der Waals surface area contributed by atoms with Gasteiger partial charge in [-0.3, -0.25) is 4.79 Å². The van der Waals surface area contributed by atoms with Gasteiger partial charge < -0.3 is 4.74 Å². The summed E-state index contributed by atoms with van der Waals surface area (Å²) in [5.41, 5.74) is -0.0999. The van der Waals surface area contributed by atoms with Gasteiger partial charge in [0.05, 0.1) is 11.5 Å². The second-order valence-corrected chi connectivity index (χ2v) is 5.02. The minimum absolute atomic E-state index is 0.0725. The van der Waals surface area contributed by atoms with Crippen LogP contribution in [0, 0.1) is 17.1 Å². The Kier molecular flexibility index (Phi) is 4.85. The third kappa shape index (κ3) is 3.43. The van der Waals surface area contributed by atoms with Gasteiger partial charge in [0.15, 0.2) is 5.78 Å². The summed E-state index contributed by atoms with van der Waals surface area (Å²) in [7, 11) is 0. The first-order valence-electron chi connectivity index (χ1n) is 6.10. The molecule has 0 aliphatic carbocycles. The fourth-order valence-corrected chi connectivity index (χ4v) is 2.40. The van der Waals surface area contributed by atoms with Gasteiger partial charge in [-0.25, -0.2) is 4.39 Å². The van der Waals surface area contributed by atoms with E-state index in [9.17, 15) is 9.18 Å². The van der Waals surface area contributed by atoms with Crippen LogP contribution in [0.4, 0.5) is 4.39 Å². The number of halogens is 1. The molecule has 0 saturated heterocycles. The molecule has 0 aliphatic heterocycles. The van der Waals surface area contributed by atoms with Crippen molar-refractivity contribution in [2.24, 2.45) is 0 Å². The monoisotopic (exact) mass is 289 g/mol. The molecule has 2 rings (SSSR count). The molecule has 1 aromatic carbocycles. The molecule has 0 N–H and O–H groups in total. The van der Waals surface area contributed by atoms with Crippen LogP contribution in [0.2, 0.25) is 0 Å². The van der Waals surface area contributed by atoms with Crippen LogP contribution < -0.4 is 4.74 Å². The summed E-state index contributed by atoms with van der Waals surface area (Å²) in [4.78, 5) is 12.5. The molecule has 3 nitrogen and oxygen atoms in total. The smallest absolute Gasteiger partial charge is 0.172 e. The lowest BCUT2D eigenvalue weighted by Crippen LogP contribution is -2.04. The first kappa shape index (κ1) is 14.2. The van der Waals surface area contributed by atoms with Crippen molar-refractivity contribution in [3.63, 3.8) is 0 Å². The number of nitriles is 1. The zero-order valence-corrected chi connectivity index (χ0v) is 11.5. The van der Waals surface area contributed by atoms with E-state index in [1.165, 1.54) is 23.5 Å². The van der Waals surface area contributed by atoms with Gasteiger partial charge in [0.2, 0.25) is 0 Å². The first-order valence-corrected chi connectivity index (χ1v) is 6.98. The van der Waals surface area contributed by atoms with Crippen molar-refractivity contribution in [1.82, 2.24) is 0 Å². The van der Waals surface area contributed by atoms with E-state index in [2.05, 4.69) is 0 Å². The Morgan fingerprint density at radius 1 is 1.35 bits per heavy atom. The van der Waals surface area contributed by atoms with Crippen LogP contribution in [-0.2, 0) is 0 Å². The van der Waals surface area contributed by atoms with Gasteiger partial charge in [0, 0.05) is 6.42 Å². The molecule has 0 spiro atoms. The van der Waals surface area contributed by atoms with E-state index in [-0.39, 0.29) is 23.7 Å². The van der Waals surface area contributed by atoms with Gasteiger partial charge in [0.1, 0.15) is 23.2 Å². The van der Waals surface area contributed by atoms with Crippen molar-refractivity contribution in [2.75, 3.05) is 6.61 Å². The van der Waals surface area contributed by atoms with Crippen molar-refractivity contribution < 1.29 is 13.9 Å². The summed E-state index contributed by atoms with van der Waals surface area (Å²) < 4.78 is 18.7. The molecule has 1 heterocycles. The summed E-state index contributed by atoms with van der Waals surface area (Å²) in [6, 6.07) is 9.64. The maximum Gasteiger partial charge on any atom is 0.172 e. The number of nitrogens with zero attached hydrogens (tertiary/aromatic N) is 1. The topological polar surface area (TPSA) is 50.1 Å². The number of ether oxygens (including phenoxy) is 1. The van der Waals surface area contributed by atoms with E-state index >= 15 is 0 Å². The van der Waals surface area contributed by atoms with Crippen LogP contribution >= 0.6 is 11.3 Å². The highest BCUT2D eigenvalue weighted by molar-refractivity contribution is 7.12. The average Bonchev–Trinajstić information content (AvgIpc) is 2.97. The summed E-state index contributed by atoms with van der Waals surface area (Å²) in [5.74, 6) is -0.306. The molecule has 2 aromatic rings. The number of rotatable bonds is 6. The zero-order chi connectivity index (χ0) is 14.4. The van der Waals surface area contributed by atoms with Crippen LogP contribution in [-0.4, -0.2) is 12.4 Å². The van der Waals surface area contributed by atoms with E-state index < -0.39 is 5.82 Å². The quantitative estimate of drug-likeness (QED) is 0.600. The molecule has 0 unspecified atom stereocenters. The maximum atomic E-state index is 13.3. The van der Waals surface area contributed by atoms with E-state index in [1.807, 2.05) is 11.4 Å². The summed E-state index contributed by atoms with van der Waals surface area (Å²) >= 11 is 1.41. The number of ketones is 1. The van der Waals surface area contributed by atoms with Crippen LogP contribution in [0.3, 0.4) is 0 Å². The second kappa shape index (κ2) is 6.83. The Balaban J connectivity index is 1.84. The molecule has 5 heteroatoms. The maximum absolute atomic E-state index is 13.3. The van der Waals surface area contributed by atoms with E-state index in [0.29, 0.717) is 12.8 Å². The molecular weight excluding hydrogens is 277 g/mol. The van der Waals surface area contributed by atoms with Gasteiger partial charge in [-0.15, -0.1) is 11.3 Å². The molecule has 0 radical (unpaired) electrons. The molecular formula is C15H12FNO2S. The Labute approximate surface area is 120 Å². The van der Waals surface area contributed by atoms with Gasteiger partial charge in [-0.05, 0) is 30.0 Å². The van der Waals surface area contributed by atoms with E-state index in [0.717, 1.165) is 4.88 Å². The molecule has 0 aliphatic rings. The number of carbonyl (C=O) groups is 1. The van der Waals surface area contributed by atoms with E-state index in [1.54, 1.807) is 18.2 Å². The van der Waals surface area contributed by atoms with Crippen molar-refractivity contribution in [3.05, 3.63) is 52.0 Å². The predicted molar refractivity (Wildman–Crippen MR) is 74.5 cm³/mol. The SMILES string of the molecule is N#Cc1c(F)cccc1OCCCC(=O)c1cccs1. The van der Waals surface area contributed by atoms with Gasteiger partial charge in [-0.1, -0.05) is 12.1 Å². The number of benzene rings is 1. The molecule has 0 amide bonds. The Morgan fingerprint density at radius 2 is 2.20 bits per heavy atom. The van der Waals surface area contributed by atoms with Crippen molar-refractivity contribution >= 4 is 17.1 Å². The van der Waals surface area contributed by atoms with Gasteiger partial charge in [0.25, 0.3) is 0 Å². The second-order valence-electron chi connectivity index (χ2n) is 4.08. The minimum Gasteiger partial charge on any atom is -0.492 e. The molecule has 0 bridgehead atoms. The van der Waals surface area contributed by atoms with E-state index in [4.69, 9.17) is 10.00 Å². The summed E-state index contributed by atoms with van der Waals surface area (Å²) in [6.07, 6.45) is 0.899. The minimum atomic E-state index is -0.598. The first-order chi connectivity index (χ1) is 9.72. The lowest BCUT2D eigenvalue weighted by molar-refractivity contribution is 0.0977. The normalized spacial score (nSPS) is 10.0. The fraction of sp³-hybridized carbons (Fsp3) is 0.200. The average molecular weight is 289 g/mol. The molecule has 0 saturated carbocycles. The Bertz CT molecular complexity index is 632. The Hall–Kier alpha value is -2.19. The van der Waals surface area contributed by atoms with Crippen molar-refractivity contribution in [1.29, 1.82) is 5.26 Å². The summed E-state index contributed by atoms with van der Waals surface area (Å²) in [5, 5.41) is 10.7. The molecule has 20 heavy (non-hydrogen) atoms. The Morgan fingerprint density at radius 3 is 2.90 bits per heavy atom. The highest BCUT2D eigenvalue weighted by atomic mass is 32.1. The van der Waals surface area contributed by atoms with Gasteiger partial charge in [-0.2, -0.15) is 5.26 Å². The standard InChI is InChI=1S/C15H12FNO2S/c16-12-4-1-6-14(11(12)10-17)19-8-2-5-13(18)15-7-3-9-20-15/h1,3-4,6-7,9H,2,5,8H2. The van der Waals surface area contributed by atoms with Crippen LogP contribution in [0.15, 0.2) is 35.7 Å². The highest BCUT2D eigenvalue weighted by Crippen LogP contribution is 2.20. The van der Waals surface area contributed by atoms with Gasteiger partial charge >= 0.3 is 0 Å². The third-order valence-corrected chi connectivity index (χ3v) is 3.60. The predicted octanol–water partition coefficient (Wildman–Crippen LogP) is 3.80. The summed E-state index contributed by atoms with van der Waals surface area (Å²) in [6.45, 7) is 0.273.